The monoisotopic (exact) mass is 301 g/mol. The van der Waals surface area contributed by atoms with Crippen LogP contribution in [0.3, 0.4) is 0 Å². The fourth-order valence-electron chi connectivity index (χ4n) is 1.97. The van der Waals surface area contributed by atoms with E-state index in [0.29, 0.717) is 17.2 Å². The van der Waals surface area contributed by atoms with Crippen molar-refractivity contribution in [3.63, 3.8) is 0 Å². The molecular formula is C12H19N3O2S2. The van der Waals surface area contributed by atoms with Crippen LogP contribution >= 0.6 is 11.3 Å². The van der Waals surface area contributed by atoms with Crippen LogP contribution in [0, 0.1) is 17.2 Å². The maximum Gasteiger partial charge on any atom is 0.250 e. The van der Waals surface area contributed by atoms with Gasteiger partial charge in [0, 0.05) is 12.1 Å². The Hall–Kier alpha value is -0.940. The summed E-state index contributed by atoms with van der Waals surface area (Å²) in [4.78, 5) is 0.374. The van der Waals surface area contributed by atoms with Crippen LogP contribution in [0.1, 0.15) is 32.1 Å². The van der Waals surface area contributed by atoms with Gasteiger partial charge in [-0.25, -0.2) is 13.1 Å². The van der Waals surface area contributed by atoms with Crippen LogP contribution in [0.4, 0.5) is 0 Å². The molecule has 0 amide bonds. The molecule has 1 rings (SSSR count). The zero-order chi connectivity index (χ0) is 14.7. The lowest BCUT2D eigenvalue weighted by atomic mass is 9.92. The molecular weight excluding hydrogens is 282 g/mol. The zero-order valence-corrected chi connectivity index (χ0v) is 12.9. The summed E-state index contributed by atoms with van der Waals surface area (Å²) in [5, 5.41) is 8.74. The summed E-state index contributed by atoms with van der Waals surface area (Å²) < 4.78 is 27.3. The van der Waals surface area contributed by atoms with Gasteiger partial charge in [-0.15, -0.1) is 11.3 Å². The van der Waals surface area contributed by atoms with Gasteiger partial charge < -0.3 is 5.73 Å². The van der Waals surface area contributed by atoms with Gasteiger partial charge in [0.15, 0.2) is 0 Å². The molecule has 0 bridgehead atoms. The van der Waals surface area contributed by atoms with Crippen molar-refractivity contribution in [3.05, 3.63) is 17.0 Å². The molecule has 0 radical (unpaired) electrons. The summed E-state index contributed by atoms with van der Waals surface area (Å²) in [5.74, 6) is 0.328. The molecule has 3 N–H and O–H groups in total. The fourth-order valence-corrected chi connectivity index (χ4v) is 4.50. The van der Waals surface area contributed by atoms with E-state index < -0.39 is 15.6 Å². The Balaban J connectivity index is 2.98. The number of nitrogens with zero attached hydrogens (tertiary/aromatic N) is 1. The van der Waals surface area contributed by atoms with Gasteiger partial charge in [-0.2, -0.15) is 5.26 Å². The molecule has 5 nitrogen and oxygen atoms in total. The maximum absolute atomic E-state index is 12.3. The molecule has 106 valence electrons. The van der Waals surface area contributed by atoms with E-state index in [1.807, 2.05) is 19.9 Å². The van der Waals surface area contributed by atoms with Crippen LogP contribution in [0.5, 0.6) is 0 Å². The van der Waals surface area contributed by atoms with Crippen molar-refractivity contribution in [1.82, 2.24) is 4.72 Å². The third kappa shape index (κ3) is 4.28. The van der Waals surface area contributed by atoms with Gasteiger partial charge in [0.25, 0.3) is 10.0 Å². The smallest absolute Gasteiger partial charge is 0.250 e. The van der Waals surface area contributed by atoms with E-state index in [4.69, 9.17) is 11.0 Å². The van der Waals surface area contributed by atoms with Crippen molar-refractivity contribution in [1.29, 1.82) is 5.26 Å². The number of nitriles is 1. The van der Waals surface area contributed by atoms with E-state index in [2.05, 4.69) is 4.72 Å². The molecule has 1 heterocycles. The highest BCUT2D eigenvalue weighted by Crippen LogP contribution is 2.24. The number of nitrogens with one attached hydrogen (secondary N) is 1. The van der Waals surface area contributed by atoms with Crippen molar-refractivity contribution < 1.29 is 8.42 Å². The molecule has 0 aliphatic carbocycles. The second kappa shape index (κ2) is 6.01. The standard InChI is InChI=1S/C12H19N3O2S2/c1-9(2)6-12(3,8-14)15-19(16,17)11-5-4-10(7-13)18-11/h4-5,9,15H,6,8,14H2,1-3H3. The molecule has 1 aromatic rings. The lowest BCUT2D eigenvalue weighted by Gasteiger charge is -2.30. The predicted octanol–water partition coefficient (Wildman–Crippen LogP) is 1.66. The van der Waals surface area contributed by atoms with E-state index in [1.165, 1.54) is 12.1 Å². The van der Waals surface area contributed by atoms with Gasteiger partial charge in [0.1, 0.15) is 15.2 Å². The molecule has 0 aliphatic heterocycles. The van der Waals surface area contributed by atoms with E-state index in [-0.39, 0.29) is 10.8 Å². The number of thiophene rings is 1. The second-order valence-corrected chi connectivity index (χ2v) is 8.19. The Morgan fingerprint density at radius 2 is 2.16 bits per heavy atom. The molecule has 7 heteroatoms. The first-order valence-corrected chi connectivity index (χ1v) is 8.26. The minimum atomic E-state index is -3.63. The third-order valence-electron chi connectivity index (χ3n) is 2.65. The first-order chi connectivity index (χ1) is 8.72. The van der Waals surface area contributed by atoms with Crippen molar-refractivity contribution in [2.24, 2.45) is 11.7 Å². The van der Waals surface area contributed by atoms with Gasteiger partial charge in [-0.1, -0.05) is 13.8 Å². The number of rotatable bonds is 6. The first kappa shape index (κ1) is 16.1. The predicted molar refractivity (Wildman–Crippen MR) is 76.3 cm³/mol. The summed E-state index contributed by atoms with van der Waals surface area (Å²) in [6.07, 6.45) is 0.652. The molecule has 1 atom stereocenters. The number of nitrogens with two attached hydrogens (primary N) is 1. The normalized spacial score (nSPS) is 15.2. The van der Waals surface area contributed by atoms with Gasteiger partial charge in [-0.3, -0.25) is 0 Å². The number of hydrogen-bond donors (Lipinski definition) is 2. The van der Waals surface area contributed by atoms with Crippen LogP contribution in [-0.4, -0.2) is 20.5 Å². The second-order valence-electron chi connectivity index (χ2n) is 5.20. The molecule has 1 unspecified atom stereocenters. The largest absolute Gasteiger partial charge is 0.329 e. The van der Waals surface area contributed by atoms with Crippen molar-refractivity contribution in [2.45, 2.75) is 36.9 Å². The van der Waals surface area contributed by atoms with Crippen molar-refractivity contribution in [3.8, 4) is 6.07 Å². The van der Waals surface area contributed by atoms with Crippen LogP contribution in [0.15, 0.2) is 16.3 Å². The average molecular weight is 301 g/mol. The minimum absolute atomic E-state index is 0.146. The summed E-state index contributed by atoms with van der Waals surface area (Å²) in [6, 6.07) is 4.87. The maximum atomic E-state index is 12.3. The quantitative estimate of drug-likeness (QED) is 0.835. The fraction of sp³-hybridized carbons (Fsp3) is 0.583. The molecule has 0 spiro atoms. The van der Waals surface area contributed by atoms with E-state index in [0.717, 1.165) is 11.3 Å². The Kier molecular flexibility index (Phi) is 5.10. The van der Waals surface area contributed by atoms with Crippen LogP contribution in [0.25, 0.3) is 0 Å². The molecule has 0 aliphatic rings. The zero-order valence-electron chi connectivity index (χ0n) is 11.3. The Morgan fingerprint density at radius 1 is 1.53 bits per heavy atom. The first-order valence-electron chi connectivity index (χ1n) is 5.96. The van der Waals surface area contributed by atoms with Crippen LogP contribution in [-0.2, 0) is 10.0 Å². The topological polar surface area (TPSA) is 96.0 Å². The van der Waals surface area contributed by atoms with E-state index in [1.54, 1.807) is 6.92 Å². The number of hydrogen-bond acceptors (Lipinski definition) is 5. The molecule has 1 aromatic heterocycles. The van der Waals surface area contributed by atoms with Crippen LogP contribution < -0.4 is 10.5 Å². The van der Waals surface area contributed by atoms with Crippen LogP contribution in [0.2, 0.25) is 0 Å². The minimum Gasteiger partial charge on any atom is -0.329 e. The summed E-state index contributed by atoms with van der Waals surface area (Å²) in [5.41, 5.74) is 5.02. The molecule has 0 aromatic carbocycles. The van der Waals surface area contributed by atoms with Gasteiger partial charge in [0.05, 0.1) is 0 Å². The Labute approximate surface area is 118 Å². The highest BCUT2D eigenvalue weighted by Gasteiger charge is 2.31. The van der Waals surface area contributed by atoms with Crippen molar-refractivity contribution in [2.75, 3.05) is 6.54 Å². The third-order valence-corrected chi connectivity index (χ3v) is 5.77. The summed E-state index contributed by atoms with van der Waals surface area (Å²) in [7, 11) is -3.63. The van der Waals surface area contributed by atoms with Crippen molar-refractivity contribution >= 4 is 21.4 Å². The summed E-state index contributed by atoms with van der Waals surface area (Å²) >= 11 is 0.957. The lowest BCUT2D eigenvalue weighted by molar-refractivity contribution is 0.345. The highest BCUT2D eigenvalue weighted by molar-refractivity contribution is 7.91. The van der Waals surface area contributed by atoms with E-state index >= 15 is 0 Å². The molecule has 0 fully saturated rings. The Bertz CT molecular complexity index is 572. The molecule has 19 heavy (non-hydrogen) atoms. The van der Waals surface area contributed by atoms with Gasteiger partial charge >= 0.3 is 0 Å². The molecule has 0 saturated heterocycles. The highest BCUT2D eigenvalue weighted by atomic mass is 32.2. The van der Waals surface area contributed by atoms with E-state index in [9.17, 15) is 8.42 Å². The van der Waals surface area contributed by atoms with Gasteiger partial charge in [0.2, 0.25) is 0 Å². The Morgan fingerprint density at radius 3 is 2.58 bits per heavy atom. The molecule has 0 saturated carbocycles. The number of sulfonamides is 1. The average Bonchev–Trinajstić information content (AvgIpc) is 2.76. The lowest BCUT2D eigenvalue weighted by Crippen LogP contribution is -2.51. The SMILES string of the molecule is CC(C)CC(C)(CN)NS(=O)(=O)c1ccc(C#N)s1. The summed E-state index contributed by atoms with van der Waals surface area (Å²) in [6.45, 7) is 6.05. The van der Waals surface area contributed by atoms with Gasteiger partial charge in [-0.05, 0) is 31.4 Å².